The maximum Gasteiger partial charge on any atom is 0.249 e. The lowest BCUT2D eigenvalue weighted by atomic mass is 10.0. The number of nitrogens with one attached hydrogen (secondary N) is 1. The van der Waals surface area contributed by atoms with Crippen LogP contribution in [0.25, 0.3) is 11.0 Å². The largest absolute Gasteiger partial charge is 0.383 e. The highest BCUT2D eigenvalue weighted by Crippen LogP contribution is 2.29. The Hall–Kier alpha value is -4.11. The van der Waals surface area contributed by atoms with Gasteiger partial charge in [-0.25, -0.2) is 9.07 Å². The number of ether oxygens (including phenoxy) is 1. The van der Waals surface area contributed by atoms with E-state index in [0.29, 0.717) is 23.2 Å². The molecule has 0 bridgehead atoms. The first-order valence-corrected chi connectivity index (χ1v) is 11.7. The second-order valence-electron chi connectivity index (χ2n) is 8.26. The molecule has 8 nitrogen and oxygen atoms in total. The molecule has 1 N–H and O–H groups in total. The van der Waals surface area contributed by atoms with E-state index in [1.165, 1.54) is 34.9 Å². The molecule has 0 saturated heterocycles. The minimum Gasteiger partial charge on any atom is -0.383 e. The van der Waals surface area contributed by atoms with Crippen LogP contribution in [0.2, 0.25) is 0 Å². The van der Waals surface area contributed by atoms with E-state index in [1.807, 2.05) is 49.4 Å². The summed E-state index contributed by atoms with van der Waals surface area (Å²) in [4.78, 5) is 28.7. The Kier molecular flexibility index (Phi) is 8.02. The third-order valence-corrected chi connectivity index (χ3v) is 5.88. The number of benzene rings is 3. The predicted molar refractivity (Wildman–Crippen MR) is 135 cm³/mol. The van der Waals surface area contributed by atoms with Crippen LogP contribution >= 0.6 is 0 Å². The van der Waals surface area contributed by atoms with Crippen molar-refractivity contribution < 1.29 is 18.7 Å². The van der Waals surface area contributed by atoms with Crippen LogP contribution in [0, 0.1) is 5.82 Å². The first-order chi connectivity index (χ1) is 17.5. The molecule has 3 aromatic carbocycles. The fourth-order valence-corrected chi connectivity index (χ4v) is 4.03. The molecule has 0 aliphatic carbocycles. The second kappa shape index (κ2) is 11.5. The van der Waals surface area contributed by atoms with Gasteiger partial charge >= 0.3 is 0 Å². The van der Waals surface area contributed by atoms with E-state index in [1.54, 1.807) is 12.1 Å². The van der Waals surface area contributed by atoms with Gasteiger partial charge in [0.2, 0.25) is 11.8 Å². The monoisotopic (exact) mass is 489 g/mol. The SMILES string of the molecule is CCc1ccc(C(C(=O)NCCOC)N(C(=O)Cn2nnc3ccccc32)c2cccc(F)c2)cc1. The molecule has 4 aromatic rings. The number of aromatic nitrogens is 3. The Bertz CT molecular complexity index is 1340. The van der Waals surface area contributed by atoms with Crippen LogP contribution in [-0.2, 0) is 27.3 Å². The van der Waals surface area contributed by atoms with E-state index in [9.17, 15) is 14.0 Å². The standard InChI is InChI=1S/C27H28FN5O3/c1-3-19-11-13-20(14-12-19)26(27(35)29-15-16-36-2)33(22-8-6-7-21(28)17-22)25(34)18-32-24-10-5-4-9-23(24)30-31-32/h4-14,17,26H,3,15-16,18H2,1-2H3,(H,29,35). The summed E-state index contributed by atoms with van der Waals surface area (Å²) in [5.41, 5.74) is 3.28. The zero-order valence-corrected chi connectivity index (χ0v) is 20.2. The molecule has 9 heteroatoms. The maximum absolute atomic E-state index is 14.3. The highest BCUT2D eigenvalue weighted by Gasteiger charge is 2.33. The molecule has 36 heavy (non-hydrogen) atoms. The third kappa shape index (κ3) is 5.58. The Labute approximate surface area is 208 Å². The van der Waals surface area contributed by atoms with Crippen molar-refractivity contribution in [2.75, 3.05) is 25.2 Å². The van der Waals surface area contributed by atoms with Crippen molar-refractivity contribution in [2.45, 2.75) is 25.9 Å². The first-order valence-electron chi connectivity index (χ1n) is 11.7. The average molecular weight is 490 g/mol. The number of para-hydroxylation sites is 1. The lowest BCUT2D eigenvalue weighted by Crippen LogP contribution is -2.46. The number of aryl methyl sites for hydroxylation is 1. The number of hydrogen-bond acceptors (Lipinski definition) is 5. The predicted octanol–water partition coefficient (Wildman–Crippen LogP) is 3.67. The van der Waals surface area contributed by atoms with Gasteiger partial charge in [-0.3, -0.25) is 14.5 Å². The minimum absolute atomic E-state index is 0.189. The van der Waals surface area contributed by atoms with E-state index < -0.39 is 23.7 Å². The lowest BCUT2D eigenvalue weighted by Gasteiger charge is -2.31. The van der Waals surface area contributed by atoms with E-state index in [-0.39, 0.29) is 18.8 Å². The van der Waals surface area contributed by atoms with Gasteiger partial charge in [-0.2, -0.15) is 0 Å². The maximum atomic E-state index is 14.3. The lowest BCUT2D eigenvalue weighted by molar-refractivity contribution is -0.127. The number of fused-ring (bicyclic) bond motifs is 1. The summed E-state index contributed by atoms with van der Waals surface area (Å²) in [7, 11) is 1.54. The number of carbonyl (C=O) groups is 2. The fraction of sp³-hybridized carbons (Fsp3) is 0.259. The number of halogens is 1. The molecule has 1 unspecified atom stereocenters. The van der Waals surface area contributed by atoms with Gasteiger partial charge in [-0.1, -0.05) is 54.6 Å². The number of nitrogens with zero attached hydrogens (tertiary/aromatic N) is 4. The molecule has 1 atom stereocenters. The molecular weight excluding hydrogens is 461 g/mol. The molecule has 0 fully saturated rings. The smallest absolute Gasteiger partial charge is 0.249 e. The molecule has 0 saturated carbocycles. The molecule has 1 heterocycles. The van der Waals surface area contributed by atoms with Crippen molar-refractivity contribution in [3.05, 3.63) is 89.7 Å². The third-order valence-electron chi connectivity index (χ3n) is 5.88. The highest BCUT2D eigenvalue weighted by atomic mass is 19.1. The molecule has 1 aromatic heterocycles. The summed E-state index contributed by atoms with van der Waals surface area (Å²) in [6.45, 7) is 2.42. The average Bonchev–Trinajstić information content (AvgIpc) is 3.30. The zero-order chi connectivity index (χ0) is 25.5. The number of amides is 2. The number of rotatable bonds is 10. The summed E-state index contributed by atoms with van der Waals surface area (Å²) < 4.78 is 20.8. The highest BCUT2D eigenvalue weighted by molar-refractivity contribution is 6.01. The van der Waals surface area contributed by atoms with Gasteiger partial charge in [-0.15, -0.1) is 5.10 Å². The fourth-order valence-electron chi connectivity index (χ4n) is 4.03. The van der Waals surface area contributed by atoms with Gasteiger partial charge in [0.05, 0.1) is 12.1 Å². The summed E-state index contributed by atoms with van der Waals surface area (Å²) >= 11 is 0. The molecule has 0 aliphatic rings. The minimum atomic E-state index is -1.04. The van der Waals surface area contributed by atoms with E-state index in [0.717, 1.165) is 12.0 Å². The van der Waals surface area contributed by atoms with Crippen LogP contribution in [0.15, 0.2) is 72.8 Å². The topological polar surface area (TPSA) is 89.4 Å². The summed E-state index contributed by atoms with van der Waals surface area (Å²) in [5.74, 6) is -1.36. The van der Waals surface area contributed by atoms with Gasteiger partial charge in [-0.05, 0) is 47.9 Å². The Morgan fingerprint density at radius 3 is 2.58 bits per heavy atom. The quantitative estimate of drug-likeness (QED) is 0.344. The molecule has 4 rings (SSSR count). The number of anilines is 1. The van der Waals surface area contributed by atoms with Gasteiger partial charge < -0.3 is 10.1 Å². The summed E-state index contributed by atoms with van der Waals surface area (Å²) in [6.07, 6.45) is 0.830. The van der Waals surface area contributed by atoms with E-state index in [4.69, 9.17) is 4.74 Å². The molecule has 0 radical (unpaired) electrons. The second-order valence-corrected chi connectivity index (χ2v) is 8.26. The van der Waals surface area contributed by atoms with Crippen molar-refractivity contribution in [3.8, 4) is 0 Å². The van der Waals surface area contributed by atoms with Crippen molar-refractivity contribution in [1.29, 1.82) is 0 Å². The zero-order valence-electron chi connectivity index (χ0n) is 20.2. The normalized spacial score (nSPS) is 11.9. The van der Waals surface area contributed by atoms with E-state index >= 15 is 0 Å². The Morgan fingerprint density at radius 2 is 1.86 bits per heavy atom. The number of carbonyl (C=O) groups excluding carboxylic acids is 2. The van der Waals surface area contributed by atoms with Gasteiger partial charge in [0, 0.05) is 19.3 Å². The number of methoxy groups -OCH3 is 1. The van der Waals surface area contributed by atoms with Crippen molar-refractivity contribution in [2.24, 2.45) is 0 Å². The molecule has 0 spiro atoms. The summed E-state index contributed by atoms with van der Waals surface area (Å²) in [5, 5.41) is 11.1. The van der Waals surface area contributed by atoms with Crippen molar-refractivity contribution in [1.82, 2.24) is 20.3 Å². The van der Waals surface area contributed by atoms with Crippen LogP contribution in [0.3, 0.4) is 0 Å². The van der Waals surface area contributed by atoms with Crippen molar-refractivity contribution in [3.63, 3.8) is 0 Å². The van der Waals surface area contributed by atoms with Crippen LogP contribution in [0.5, 0.6) is 0 Å². The van der Waals surface area contributed by atoms with Crippen LogP contribution in [-0.4, -0.2) is 47.1 Å². The Balaban J connectivity index is 1.77. The van der Waals surface area contributed by atoms with Gasteiger partial charge in [0.25, 0.3) is 0 Å². The molecule has 2 amide bonds. The van der Waals surface area contributed by atoms with Crippen LogP contribution in [0.4, 0.5) is 10.1 Å². The van der Waals surface area contributed by atoms with Gasteiger partial charge in [0.1, 0.15) is 23.9 Å². The van der Waals surface area contributed by atoms with Gasteiger partial charge in [0.15, 0.2) is 0 Å². The molecular formula is C27H28FN5O3. The summed E-state index contributed by atoms with van der Waals surface area (Å²) in [6, 6.07) is 19.4. The first kappa shape index (κ1) is 25.0. The van der Waals surface area contributed by atoms with Crippen molar-refractivity contribution >= 4 is 28.5 Å². The Morgan fingerprint density at radius 1 is 1.08 bits per heavy atom. The molecule has 186 valence electrons. The van der Waals surface area contributed by atoms with E-state index in [2.05, 4.69) is 15.6 Å². The number of hydrogen-bond donors (Lipinski definition) is 1. The molecule has 0 aliphatic heterocycles. The van der Waals surface area contributed by atoms with Crippen LogP contribution in [0.1, 0.15) is 24.1 Å². The van der Waals surface area contributed by atoms with Crippen LogP contribution < -0.4 is 10.2 Å².